The molecule has 1 atom stereocenters. The van der Waals surface area contributed by atoms with Crippen LogP contribution in [0.4, 0.5) is 0 Å². The zero-order valence-corrected chi connectivity index (χ0v) is 12.1. The molecule has 2 aromatic rings. The van der Waals surface area contributed by atoms with Gasteiger partial charge in [-0.15, -0.1) is 0 Å². The van der Waals surface area contributed by atoms with Gasteiger partial charge in [-0.05, 0) is 11.6 Å². The fourth-order valence-electron chi connectivity index (χ4n) is 2.24. The molecular formula is C14H15ClN4O2. The van der Waals surface area contributed by atoms with Gasteiger partial charge in [0, 0.05) is 24.5 Å². The molecule has 110 valence electrons. The van der Waals surface area contributed by atoms with Crippen LogP contribution in [0.15, 0.2) is 28.8 Å². The first kappa shape index (κ1) is 14.0. The first-order chi connectivity index (χ1) is 10.2. The van der Waals surface area contributed by atoms with Crippen molar-refractivity contribution in [3.05, 3.63) is 46.6 Å². The third-order valence-corrected chi connectivity index (χ3v) is 3.70. The molecule has 2 N–H and O–H groups in total. The minimum Gasteiger partial charge on any atom is -0.353 e. The number of benzene rings is 1. The van der Waals surface area contributed by atoms with Gasteiger partial charge >= 0.3 is 0 Å². The van der Waals surface area contributed by atoms with Crippen LogP contribution < -0.4 is 10.6 Å². The zero-order valence-electron chi connectivity index (χ0n) is 11.3. The molecule has 0 spiro atoms. The number of carbonyl (C=O) groups is 1. The van der Waals surface area contributed by atoms with Crippen molar-refractivity contribution in [2.24, 2.45) is 0 Å². The molecule has 1 aromatic carbocycles. The molecule has 0 aliphatic carbocycles. The first-order valence-corrected chi connectivity index (χ1v) is 7.16. The summed E-state index contributed by atoms with van der Waals surface area (Å²) in [7, 11) is 0. The SMILES string of the molecule is O=C1NCCNC1Cc1nc(Cc2ccccc2Cl)no1. The molecule has 1 amide bonds. The Balaban J connectivity index is 1.66. The Hall–Kier alpha value is -1.92. The van der Waals surface area contributed by atoms with Gasteiger partial charge in [0.2, 0.25) is 11.8 Å². The molecule has 6 nitrogen and oxygen atoms in total. The van der Waals surface area contributed by atoms with Crippen LogP contribution in [0.2, 0.25) is 5.02 Å². The lowest BCUT2D eigenvalue weighted by Crippen LogP contribution is -2.53. The zero-order chi connectivity index (χ0) is 14.7. The Labute approximate surface area is 126 Å². The number of rotatable bonds is 4. The monoisotopic (exact) mass is 306 g/mol. The quantitative estimate of drug-likeness (QED) is 0.879. The van der Waals surface area contributed by atoms with E-state index in [-0.39, 0.29) is 11.9 Å². The molecule has 0 radical (unpaired) electrons. The maximum absolute atomic E-state index is 11.7. The van der Waals surface area contributed by atoms with Crippen molar-refractivity contribution in [3.63, 3.8) is 0 Å². The predicted molar refractivity (Wildman–Crippen MR) is 77.1 cm³/mol. The van der Waals surface area contributed by atoms with E-state index in [0.29, 0.717) is 36.1 Å². The molecule has 21 heavy (non-hydrogen) atoms. The number of hydrogen-bond acceptors (Lipinski definition) is 5. The van der Waals surface area contributed by atoms with Gasteiger partial charge in [-0.25, -0.2) is 0 Å². The maximum atomic E-state index is 11.7. The Kier molecular flexibility index (Phi) is 4.17. The van der Waals surface area contributed by atoms with Gasteiger partial charge in [-0.2, -0.15) is 4.98 Å². The van der Waals surface area contributed by atoms with Crippen molar-refractivity contribution in [2.45, 2.75) is 18.9 Å². The molecule has 1 aliphatic heterocycles. The molecule has 2 heterocycles. The minimum atomic E-state index is -0.313. The van der Waals surface area contributed by atoms with Gasteiger partial charge in [0.25, 0.3) is 0 Å². The van der Waals surface area contributed by atoms with Gasteiger partial charge in [0.05, 0.1) is 12.5 Å². The largest absolute Gasteiger partial charge is 0.353 e. The average Bonchev–Trinajstić information content (AvgIpc) is 2.91. The molecule has 1 saturated heterocycles. The van der Waals surface area contributed by atoms with Gasteiger partial charge in [-0.1, -0.05) is 35.0 Å². The summed E-state index contributed by atoms with van der Waals surface area (Å²) in [6.45, 7) is 1.40. The summed E-state index contributed by atoms with van der Waals surface area (Å²) in [5, 5.41) is 10.5. The van der Waals surface area contributed by atoms with Crippen LogP contribution in [0.1, 0.15) is 17.3 Å². The topological polar surface area (TPSA) is 80.0 Å². The second-order valence-electron chi connectivity index (χ2n) is 4.87. The van der Waals surface area contributed by atoms with E-state index in [2.05, 4.69) is 20.8 Å². The molecule has 1 aromatic heterocycles. The normalized spacial score (nSPS) is 18.5. The van der Waals surface area contributed by atoms with Crippen molar-refractivity contribution >= 4 is 17.5 Å². The van der Waals surface area contributed by atoms with E-state index >= 15 is 0 Å². The molecule has 0 bridgehead atoms. The number of piperazine rings is 1. The lowest BCUT2D eigenvalue weighted by atomic mass is 10.1. The van der Waals surface area contributed by atoms with Gasteiger partial charge in [0.1, 0.15) is 0 Å². The number of nitrogens with zero attached hydrogens (tertiary/aromatic N) is 2. The van der Waals surface area contributed by atoms with Crippen molar-refractivity contribution in [2.75, 3.05) is 13.1 Å². The van der Waals surface area contributed by atoms with Crippen LogP contribution in [0, 0.1) is 0 Å². The number of nitrogens with one attached hydrogen (secondary N) is 2. The standard InChI is InChI=1S/C14H15ClN4O2/c15-10-4-2-1-3-9(10)7-12-18-13(21-19-12)8-11-14(20)17-6-5-16-11/h1-4,11,16H,5-8H2,(H,17,20). The maximum Gasteiger partial charge on any atom is 0.237 e. The number of amides is 1. The molecule has 3 rings (SSSR count). The molecule has 7 heteroatoms. The third-order valence-electron chi connectivity index (χ3n) is 3.33. The minimum absolute atomic E-state index is 0.0351. The summed E-state index contributed by atoms with van der Waals surface area (Å²) < 4.78 is 5.20. The van der Waals surface area contributed by atoms with Crippen molar-refractivity contribution < 1.29 is 9.32 Å². The summed E-state index contributed by atoms with van der Waals surface area (Å²) in [6, 6.07) is 7.23. The first-order valence-electron chi connectivity index (χ1n) is 6.78. The van der Waals surface area contributed by atoms with Crippen LogP contribution in [0.25, 0.3) is 0 Å². The Morgan fingerprint density at radius 3 is 3.00 bits per heavy atom. The Morgan fingerprint density at radius 2 is 2.19 bits per heavy atom. The van der Waals surface area contributed by atoms with Gasteiger partial charge < -0.3 is 15.2 Å². The average molecular weight is 307 g/mol. The summed E-state index contributed by atoms with van der Waals surface area (Å²) >= 11 is 6.11. The van der Waals surface area contributed by atoms with Crippen molar-refractivity contribution in [1.29, 1.82) is 0 Å². The molecule has 0 saturated carbocycles. The highest BCUT2D eigenvalue weighted by molar-refractivity contribution is 6.31. The molecule has 1 unspecified atom stereocenters. The van der Waals surface area contributed by atoms with E-state index in [4.69, 9.17) is 16.1 Å². The van der Waals surface area contributed by atoms with Gasteiger partial charge in [0.15, 0.2) is 5.82 Å². The fourth-order valence-corrected chi connectivity index (χ4v) is 2.45. The lowest BCUT2D eigenvalue weighted by molar-refractivity contribution is -0.124. The van der Waals surface area contributed by atoms with E-state index in [9.17, 15) is 4.79 Å². The highest BCUT2D eigenvalue weighted by Crippen LogP contribution is 2.17. The number of aromatic nitrogens is 2. The van der Waals surface area contributed by atoms with Crippen LogP contribution in [0.3, 0.4) is 0 Å². The van der Waals surface area contributed by atoms with Crippen LogP contribution in [0.5, 0.6) is 0 Å². The summed E-state index contributed by atoms with van der Waals surface area (Å²) in [6.07, 6.45) is 0.898. The predicted octanol–water partition coefficient (Wildman–Crippen LogP) is 0.944. The van der Waals surface area contributed by atoms with E-state index in [1.54, 1.807) is 0 Å². The van der Waals surface area contributed by atoms with Crippen LogP contribution in [-0.2, 0) is 17.6 Å². The summed E-state index contributed by atoms with van der Waals surface area (Å²) in [5.41, 5.74) is 0.944. The van der Waals surface area contributed by atoms with E-state index < -0.39 is 0 Å². The Morgan fingerprint density at radius 1 is 1.33 bits per heavy atom. The molecular weight excluding hydrogens is 292 g/mol. The highest BCUT2D eigenvalue weighted by Gasteiger charge is 2.24. The molecule has 1 aliphatic rings. The van der Waals surface area contributed by atoms with E-state index in [1.165, 1.54) is 0 Å². The van der Waals surface area contributed by atoms with E-state index in [1.807, 2.05) is 24.3 Å². The van der Waals surface area contributed by atoms with Crippen molar-refractivity contribution in [1.82, 2.24) is 20.8 Å². The molecule has 1 fully saturated rings. The number of halogens is 1. The third kappa shape index (κ3) is 3.40. The van der Waals surface area contributed by atoms with E-state index in [0.717, 1.165) is 12.1 Å². The number of carbonyl (C=O) groups excluding carboxylic acids is 1. The smallest absolute Gasteiger partial charge is 0.237 e. The highest BCUT2D eigenvalue weighted by atomic mass is 35.5. The van der Waals surface area contributed by atoms with Gasteiger partial charge in [-0.3, -0.25) is 4.79 Å². The summed E-state index contributed by atoms with van der Waals surface area (Å²) in [5.74, 6) is 0.980. The Bertz CT molecular complexity index is 643. The number of hydrogen-bond donors (Lipinski definition) is 2. The fraction of sp³-hybridized carbons (Fsp3) is 0.357. The summed E-state index contributed by atoms with van der Waals surface area (Å²) in [4.78, 5) is 16.0. The van der Waals surface area contributed by atoms with Crippen molar-refractivity contribution in [3.8, 4) is 0 Å². The second kappa shape index (κ2) is 6.24. The van der Waals surface area contributed by atoms with Crippen LogP contribution in [-0.4, -0.2) is 35.2 Å². The lowest BCUT2D eigenvalue weighted by Gasteiger charge is -2.21. The second-order valence-corrected chi connectivity index (χ2v) is 5.28. The van der Waals surface area contributed by atoms with Crippen LogP contribution >= 0.6 is 11.6 Å².